The average molecular weight is 358 g/mol. The first kappa shape index (κ1) is 17.2. The molecule has 130 valence electrons. The molecule has 0 unspecified atom stereocenters. The van der Waals surface area contributed by atoms with Gasteiger partial charge in [-0.1, -0.05) is 26.0 Å². The SMILES string of the molecule is CC(C)[C@@H](NC(=O)c1ccco1)C(=O)OCc1nc2ccccc2s1. The molecule has 7 heteroatoms. The summed E-state index contributed by atoms with van der Waals surface area (Å²) in [4.78, 5) is 28.9. The molecule has 0 saturated carbocycles. The summed E-state index contributed by atoms with van der Waals surface area (Å²) in [5, 5.41) is 3.37. The number of ether oxygens (including phenoxy) is 1. The van der Waals surface area contributed by atoms with Crippen molar-refractivity contribution in [1.82, 2.24) is 10.3 Å². The number of nitrogens with one attached hydrogen (secondary N) is 1. The second-order valence-electron chi connectivity index (χ2n) is 5.86. The summed E-state index contributed by atoms with van der Waals surface area (Å²) in [7, 11) is 0. The molecule has 1 aromatic carbocycles. The molecule has 1 N–H and O–H groups in total. The Balaban J connectivity index is 1.63. The summed E-state index contributed by atoms with van der Waals surface area (Å²) >= 11 is 1.48. The predicted molar refractivity (Wildman–Crippen MR) is 94.2 cm³/mol. The normalized spacial score (nSPS) is 12.3. The van der Waals surface area contributed by atoms with E-state index in [1.807, 2.05) is 38.1 Å². The van der Waals surface area contributed by atoms with Crippen molar-refractivity contribution in [2.24, 2.45) is 5.92 Å². The first-order chi connectivity index (χ1) is 12.0. The molecule has 0 aliphatic rings. The summed E-state index contributed by atoms with van der Waals surface area (Å²) in [6, 6.07) is 10.1. The number of carbonyl (C=O) groups excluding carboxylic acids is 2. The fraction of sp³-hybridized carbons (Fsp3) is 0.278. The third kappa shape index (κ3) is 4.06. The van der Waals surface area contributed by atoms with Gasteiger partial charge in [0.15, 0.2) is 5.76 Å². The van der Waals surface area contributed by atoms with Crippen LogP contribution in [0.1, 0.15) is 29.4 Å². The second-order valence-corrected chi connectivity index (χ2v) is 6.97. The van der Waals surface area contributed by atoms with Crippen LogP contribution in [0.4, 0.5) is 0 Å². The Hall–Kier alpha value is -2.67. The number of fused-ring (bicyclic) bond motifs is 1. The number of carbonyl (C=O) groups is 2. The number of hydrogen-bond donors (Lipinski definition) is 1. The summed E-state index contributed by atoms with van der Waals surface area (Å²) in [5.41, 5.74) is 0.880. The molecule has 0 saturated heterocycles. The maximum atomic E-state index is 12.4. The molecule has 0 spiro atoms. The van der Waals surface area contributed by atoms with Crippen molar-refractivity contribution >= 4 is 33.4 Å². The Labute approximate surface area is 148 Å². The van der Waals surface area contributed by atoms with E-state index in [0.29, 0.717) is 0 Å². The fourth-order valence-corrected chi connectivity index (χ4v) is 3.20. The fourth-order valence-electron chi connectivity index (χ4n) is 2.32. The summed E-state index contributed by atoms with van der Waals surface area (Å²) in [5.74, 6) is -0.902. The van der Waals surface area contributed by atoms with Gasteiger partial charge in [-0.25, -0.2) is 9.78 Å². The van der Waals surface area contributed by atoms with Gasteiger partial charge in [0.05, 0.1) is 16.5 Å². The van der Waals surface area contributed by atoms with Gasteiger partial charge < -0.3 is 14.5 Å². The quantitative estimate of drug-likeness (QED) is 0.683. The van der Waals surface area contributed by atoms with Gasteiger partial charge in [0.1, 0.15) is 17.7 Å². The molecule has 2 heterocycles. The molecule has 0 fully saturated rings. The first-order valence-corrected chi connectivity index (χ1v) is 8.71. The van der Waals surface area contributed by atoms with Gasteiger partial charge in [-0.3, -0.25) is 4.79 Å². The van der Waals surface area contributed by atoms with E-state index in [1.165, 1.54) is 17.6 Å². The number of thiazole rings is 1. The Bertz CT molecular complexity index is 837. The molecule has 25 heavy (non-hydrogen) atoms. The van der Waals surface area contributed by atoms with Crippen LogP contribution in [0.3, 0.4) is 0 Å². The zero-order valence-corrected chi connectivity index (χ0v) is 14.7. The minimum Gasteiger partial charge on any atom is -0.459 e. The smallest absolute Gasteiger partial charge is 0.329 e. The number of nitrogens with zero attached hydrogens (tertiary/aromatic N) is 1. The number of furan rings is 1. The van der Waals surface area contributed by atoms with Crippen LogP contribution < -0.4 is 5.32 Å². The number of para-hydroxylation sites is 1. The number of amides is 1. The van der Waals surface area contributed by atoms with Crippen molar-refractivity contribution in [3.63, 3.8) is 0 Å². The van der Waals surface area contributed by atoms with Crippen LogP contribution in [-0.4, -0.2) is 22.9 Å². The van der Waals surface area contributed by atoms with Crippen LogP contribution in [0.2, 0.25) is 0 Å². The molecule has 6 nitrogen and oxygen atoms in total. The van der Waals surface area contributed by atoms with Crippen LogP contribution in [0, 0.1) is 5.92 Å². The van der Waals surface area contributed by atoms with Crippen LogP contribution in [0.5, 0.6) is 0 Å². The first-order valence-electron chi connectivity index (χ1n) is 7.90. The van der Waals surface area contributed by atoms with Crippen molar-refractivity contribution in [2.75, 3.05) is 0 Å². The van der Waals surface area contributed by atoms with E-state index >= 15 is 0 Å². The number of esters is 1. The van der Waals surface area contributed by atoms with Crippen LogP contribution in [-0.2, 0) is 16.1 Å². The van der Waals surface area contributed by atoms with Crippen molar-refractivity contribution in [3.8, 4) is 0 Å². The van der Waals surface area contributed by atoms with E-state index in [4.69, 9.17) is 9.15 Å². The molecule has 0 radical (unpaired) electrons. The third-order valence-corrected chi connectivity index (χ3v) is 4.64. The van der Waals surface area contributed by atoms with Crippen LogP contribution >= 0.6 is 11.3 Å². The molecular weight excluding hydrogens is 340 g/mol. The van der Waals surface area contributed by atoms with Gasteiger partial charge in [0.2, 0.25) is 0 Å². The van der Waals surface area contributed by atoms with Gasteiger partial charge in [0, 0.05) is 0 Å². The lowest BCUT2D eigenvalue weighted by Crippen LogP contribution is -2.45. The molecule has 0 bridgehead atoms. The largest absolute Gasteiger partial charge is 0.459 e. The van der Waals surface area contributed by atoms with E-state index in [2.05, 4.69) is 10.3 Å². The highest BCUT2D eigenvalue weighted by Crippen LogP contribution is 2.22. The Kier molecular flexibility index (Phi) is 5.14. The van der Waals surface area contributed by atoms with Gasteiger partial charge >= 0.3 is 5.97 Å². The lowest BCUT2D eigenvalue weighted by atomic mass is 10.0. The standard InChI is InChI=1S/C18H18N2O4S/c1-11(2)16(20-17(21)13-7-5-9-23-13)18(22)24-10-15-19-12-6-3-4-8-14(12)25-15/h3-9,11,16H,10H2,1-2H3,(H,20,21)/t16-/m1/s1. The number of aromatic nitrogens is 1. The summed E-state index contributed by atoms with van der Waals surface area (Å²) < 4.78 is 11.5. The molecule has 1 atom stereocenters. The van der Waals surface area contributed by atoms with Crippen molar-refractivity contribution in [1.29, 1.82) is 0 Å². The van der Waals surface area contributed by atoms with E-state index in [-0.39, 0.29) is 18.3 Å². The van der Waals surface area contributed by atoms with Crippen molar-refractivity contribution in [2.45, 2.75) is 26.5 Å². The Morgan fingerprint density at radius 3 is 2.72 bits per heavy atom. The maximum Gasteiger partial charge on any atom is 0.329 e. The number of hydrogen-bond acceptors (Lipinski definition) is 6. The number of rotatable bonds is 6. The lowest BCUT2D eigenvalue weighted by molar-refractivity contribution is -0.148. The highest BCUT2D eigenvalue weighted by molar-refractivity contribution is 7.18. The molecule has 3 aromatic rings. The summed E-state index contributed by atoms with van der Waals surface area (Å²) in [6.45, 7) is 3.76. The van der Waals surface area contributed by atoms with Crippen molar-refractivity contribution < 1.29 is 18.7 Å². The van der Waals surface area contributed by atoms with Gasteiger partial charge in [0.25, 0.3) is 5.91 Å². The van der Waals surface area contributed by atoms with E-state index in [0.717, 1.165) is 15.2 Å². The van der Waals surface area contributed by atoms with Gasteiger partial charge in [-0.2, -0.15) is 0 Å². The average Bonchev–Trinajstić information content (AvgIpc) is 3.25. The van der Waals surface area contributed by atoms with Crippen LogP contribution in [0.15, 0.2) is 47.1 Å². The zero-order valence-electron chi connectivity index (χ0n) is 13.9. The molecule has 0 aliphatic heterocycles. The van der Waals surface area contributed by atoms with E-state index in [9.17, 15) is 9.59 Å². The van der Waals surface area contributed by atoms with Gasteiger partial charge in [-0.15, -0.1) is 11.3 Å². The topological polar surface area (TPSA) is 81.4 Å². The third-order valence-electron chi connectivity index (χ3n) is 3.63. The minimum atomic E-state index is -0.757. The lowest BCUT2D eigenvalue weighted by Gasteiger charge is -2.20. The summed E-state index contributed by atoms with van der Waals surface area (Å²) in [6.07, 6.45) is 1.41. The van der Waals surface area contributed by atoms with Crippen molar-refractivity contribution in [3.05, 3.63) is 53.4 Å². The monoisotopic (exact) mass is 358 g/mol. The van der Waals surface area contributed by atoms with E-state index < -0.39 is 17.9 Å². The molecular formula is C18H18N2O4S. The molecule has 0 aliphatic carbocycles. The molecule has 3 rings (SSSR count). The van der Waals surface area contributed by atoms with Gasteiger partial charge in [-0.05, 0) is 30.2 Å². The highest BCUT2D eigenvalue weighted by Gasteiger charge is 2.27. The second kappa shape index (κ2) is 7.48. The predicted octanol–water partition coefficient (Wildman–Crippen LogP) is 3.39. The minimum absolute atomic E-state index is 0.0814. The Morgan fingerprint density at radius 1 is 1.24 bits per heavy atom. The zero-order chi connectivity index (χ0) is 17.8. The maximum absolute atomic E-state index is 12.4. The Morgan fingerprint density at radius 2 is 2.04 bits per heavy atom. The molecule has 2 aromatic heterocycles. The van der Waals surface area contributed by atoms with Crippen LogP contribution in [0.25, 0.3) is 10.2 Å². The molecule has 1 amide bonds. The number of benzene rings is 1. The highest BCUT2D eigenvalue weighted by atomic mass is 32.1. The van der Waals surface area contributed by atoms with E-state index in [1.54, 1.807) is 12.1 Å².